The molecule has 0 unspecified atom stereocenters. The fourth-order valence-electron chi connectivity index (χ4n) is 4.75. The number of rotatable bonds is 11. The average Bonchev–Trinajstić information content (AvgIpc) is 2.81. The minimum Gasteiger partial charge on any atom is -0.414 e. The van der Waals surface area contributed by atoms with E-state index in [1.165, 1.54) is 22.5 Å². The summed E-state index contributed by atoms with van der Waals surface area (Å²) in [6.07, 6.45) is -0.273. The van der Waals surface area contributed by atoms with Gasteiger partial charge in [-0.05, 0) is 35.1 Å². The minimum atomic E-state index is -2.67. The van der Waals surface area contributed by atoms with Gasteiger partial charge in [-0.3, -0.25) is 9.63 Å². The SMILES string of the molecule is CON(C)C(=O)[C@H](C)[C@@H](O[Si](C)(C)C)[C@@H](C)CO[Si](c1ccccc1)(c1ccccc1)C(C)(C)C. The maximum absolute atomic E-state index is 13.0. The molecule has 1 amide bonds. The third-order valence-corrected chi connectivity index (χ3v) is 12.5. The topological polar surface area (TPSA) is 48.0 Å². The van der Waals surface area contributed by atoms with Crippen LogP contribution in [0.1, 0.15) is 34.6 Å². The molecule has 0 radical (unpaired) electrons. The second-order valence-electron chi connectivity index (χ2n) is 11.5. The average molecular weight is 516 g/mol. The van der Waals surface area contributed by atoms with Crippen molar-refractivity contribution < 1.29 is 18.5 Å². The smallest absolute Gasteiger partial charge is 0.261 e. The Balaban J connectivity index is 2.49. The third kappa shape index (κ3) is 7.14. The maximum atomic E-state index is 13.0. The number of benzene rings is 2. The molecular formula is C28H45NO4Si2. The minimum absolute atomic E-state index is 0.00702. The molecule has 0 aliphatic carbocycles. The lowest BCUT2D eigenvalue weighted by Crippen LogP contribution is -2.67. The van der Waals surface area contributed by atoms with Crippen LogP contribution < -0.4 is 10.4 Å². The van der Waals surface area contributed by atoms with Crippen molar-refractivity contribution in [1.82, 2.24) is 5.06 Å². The van der Waals surface area contributed by atoms with Gasteiger partial charge in [-0.15, -0.1) is 0 Å². The Hall–Kier alpha value is -1.78. The van der Waals surface area contributed by atoms with Gasteiger partial charge in [0.05, 0.1) is 19.1 Å². The Bertz CT molecular complexity index is 886. The molecule has 0 aromatic heterocycles. The Morgan fingerprint density at radius 1 is 0.914 bits per heavy atom. The molecule has 194 valence electrons. The van der Waals surface area contributed by atoms with E-state index in [1.807, 2.05) is 6.92 Å². The molecule has 5 nitrogen and oxygen atoms in total. The van der Waals surface area contributed by atoms with E-state index in [-0.39, 0.29) is 28.9 Å². The molecule has 2 aromatic rings. The van der Waals surface area contributed by atoms with Crippen LogP contribution in [0.25, 0.3) is 0 Å². The molecule has 0 bridgehead atoms. The lowest BCUT2D eigenvalue weighted by Gasteiger charge is -2.44. The van der Waals surface area contributed by atoms with Crippen LogP contribution in [0.2, 0.25) is 24.7 Å². The van der Waals surface area contributed by atoms with Gasteiger partial charge >= 0.3 is 0 Å². The highest BCUT2D eigenvalue weighted by Crippen LogP contribution is 2.37. The van der Waals surface area contributed by atoms with Crippen molar-refractivity contribution in [1.29, 1.82) is 0 Å². The summed E-state index contributed by atoms with van der Waals surface area (Å²) < 4.78 is 13.8. The van der Waals surface area contributed by atoms with Crippen LogP contribution in [0.5, 0.6) is 0 Å². The predicted molar refractivity (Wildman–Crippen MR) is 150 cm³/mol. The van der Waals surface area contributed by atoms with Gasteiger partial charge < -0.3 is 8.85 Å². The highest BCUT2D eigenvalue weighted by Gasteiger charge is 2.50. The number of hydrogen-bond acceptors (Lipinski definition) is 4. The Kier molecular flexibility index (Phi) is 10.1. The fraction of sp³-hybridized carbons (Fsp3) is 0.536. The second-order valence-corrected chi connectivity index (χ2v) is 20.2. The van der Waals surface area contributed by atoms with E-state index in [1.54, 1.807) is 7.05 Å². The molecule has 2 rings (SSSR count). The van der Waals surface area contributed by atoms with Crippen LogP contribution in [0.4, 0.5) is 0 Å². The first-order chi connectivity index (χ1) is 16.2. The molecule has 0 fully saturated rings. The van der Waals surface area contributed by atoms with Crippen LogP contribution in [0.3, 0.4) is 0 Å². The van der Waals surface area contributed by atoms with Crippen molar-refractivity contribution in [3.63, 3.8) is 0 Å². The van der Waals surface area contributed by atoms with Gasteiger partial charge in [0.15, 0.2) is 8.32 Å². The van der Waals surface area contributed by atoms with Crippen LogP contribution in [0.15, 0.2) is 60.7 Å². The van der Waals surface area contributed by atoms with Gasteiger partial charge in [-0.25, -0.2) is 5.06 Å². The standard InChI is InChI=1S/C28H45NO4Si2/c1-22(26(33-34(8,9)10)23(2)27(30)29(6)31-7)21-32-35(28(3,4)5,24-17-13-11-14-18-24)25-19-15-12-16-20-25/h11-20,22-23,26H,21H2,1-10H3/t22-,23+,26-/m0/s1. The first-order valence-corrected chi connectivity index (χ1v) is 17.8. The Labute approximate surface area is 215 Å². The largest absolute Gasteiger partial charge is 0.414 e. The zero-order valence-electron chi connectivity index (χ0n) is 23.3. The molecule has 35 heavy (non-hydrogen) atoms. The molecule has 0 aliphatic rings. The molecule has 2 aromatic carbocycles. The zero-order chi connectivity index (χ0) is 26.4. The molecule has 3 atom stereocenters. The van der Waals surface area contributed by atoms with E-state index in [0.717, 1.165) is 0 Å². The summed E-state index contributed by atoms with van der Waals surface area (Å²) in [6, 6.07) is 21.3. The van der Waals surface area contributed by atoms with Crippen LogP contribution >= 0.6 is 0 Å². The summed E-state index contributed by atoms with van der Waals surface area (Å²) in [5, 5.41) is 3.68. The molecule has 7 heteroatoms. The van der Waals surface area contributed by atoms with Crippen molar-refractivity contribution in [3.05, 3.63) is 60.7 Å². The van der Waals surface area contributed by atoms with Crippen molar-refractivity contribution >= 4 is 32.9 Å². The highest BCUT2D eigenvalue weighted by atomic mass is 28.4. The first kappa shape index (κ1) is 29.5. The van der Waals surface area contributed by atoms with E-state index in [2.05, 4.69) is 108 Å². The summed E-state index contributed by atoms with van der Waals surface area (Å²) in [4.78, 5) is 18.2. The van der Waals surface area contributed by atoms with Gasteiger partial charge in [0, 0.05) is 19.6 Å². The molecule has 0 spiro atoms. The Morgan fingerprint density at radius 2 is 1.37 bits per heavy atom. The van der Waals surface area contributed by atoms with Gasteiger partial charge in [0.25, 0.3) is 14.2 Å². The predicted octanol–water partition coefficient (Wildman–Crippen LogP) is 5.08. The monoisotopic (exact) mass is 515 g/mol. The first-order valence-electron chi connectivity index (χ1n) is 12.5. The summed E-state index contributed by atoms with van der Waals surface area (Å²) in [7, 11) is -1.45. The summed E-state index contributed by atoms with van der Waals surface area (Å²) in [5.74, 6) is -0.440. The lowest BCUT2D eigenvalue weighted by atomic mass is 9.93. The van der Waals surface area contributed by atoms with Crippen molar-refractivity contribution in [3.8, 4) is 0 Å². The van der Waals surface area contributed by atoms with E-state index in [9.17, 15) is 4.79 Å². The number of carbonyl (C=O) groups excluding carboxylic acids is 1. The second kappa shape index (κ2) is 12.0. The number of carbonyl (C=O) groups is 1. The van der Waals surface area contributed by atoms with E-state index in [0.29, 0.717) is 6.61 Å². The van der Waals surface area contributed by atoms with E-state index in [4.69, 9.17) is 13.7 Å². The van der Waals surface area contributed by atoms with E-state index < -0.39 is 16.6 Å². The van der Waals surface area contributed by atoms with Gasteiger partial charge in [-0.2, -0.15) is 0 Å². The number of amides is 1. The van der Waals surface area contributed by atoms with Crippen LogP contribution in [0, 0.1) is 11.8 Å². The Morgan fingerprint density at radius 3 is 1.74 bits per heavy atom. The molecule has 0 aliphatic heterocycles. The van der Waals surface area contributed by atoms with Gasteiger partial charge in [-0.1, -0.05) is 95.3 Å². The summed E-state index contributed by atoms with van der Waals surface area (Å²) in [5.41, 5.74) is 0. The maximum Gasteiger partial charge on any atom is 0.261 e. The van der Waals surface area contributed by atoms with Gasteiger partial charge in [0.1, 0.15) is 0 Å². The van der Waals surface area contributed by atoms with Crippen LogP contribution in [-0.2, 0) is 18.5 Å². The van der Waals surface area contributed by atoms with E-state index >= 15 is 0 Å². The zero-order valence-corrected chi connectivity index (χ0v) is 25.3. The molecule has 0 heterocycles. The van der Waals surface area contributed by atoms with Crippen LogP contribution in [-0.4, -0.2) is 54.5 Å². The third-order valence-electron chi connectivity index (χ3n) is 6.50. The molecule has 0 N–H and O–H groups in total. The molecule has 0 saturated carbocycles. The molecular weight excluding hydrogens is 470 g/mol. The summed E-state index contributed by atoms with van der Waals surface area (Å²) in [6.45, 7) is 17.9. The lowest BCUT2D eigenvalue weighted by molar-refractivity contribution is -0.177. The van der Waals surface area contributed by atoms with Crippen molar-refractivity contribution in [2.24, 2.45) is 11.8 Å². The number of hydroxylamine groups is 2. The van der Waals surface area contributed by atoms with Crippen molar-refractivity contribution in [2.45, 2.75) is 65.4 Å². The highest BCUT2D eigenvalue weighted by molar-refractivity contribution is 6.99. The number of nitrogens with zero attached hydrogens (tertiary/aromatic N) is 1. The number of hydrogen-bond donors (Lipinski definition) is 0. The summed E-state index contributed by atoms with van der Waals surface area (Å²) >= 11 is 0. The molecule has 0 saturated heterocycles. The van der Waals surface area contributed by atoms with Crippen molar-refractivity contribution in [2.75, 3.05) is 20.8 Å². The van der Waals surface area contributed by atoms with Gasteiger partial charge in [0.2, 0.25) is 0 Å². The fourth-order valence-corrected chi connectivity index (χ4v) is 10.7. The normalized spacial score (nSPS) is 15.4. The quantitative estimate of drug-likeness (QED) is 0.309.